The normalized spacial score (nSPS) is 16.6. The molecule has 5 aromatic carbocycles. The molecular weight excluding hydrogens is 777 g/mol. The molecule has 0 unspecified atom stereocenters. The minimum Gasteiger partial charge on any atom is -0.497 e. The first-order chi connectivity index (χ1) is 28.9. The number of nitrogens with one attached hydrogen (secondary N) is 2. The fourth-order valence-electron chi connectivity index (χ4n) is 8.55. The lowest BCUT2D eigenvalue weighted by Gasteiger charge is -2.38. The van der Waals surface area contributed by atoms with Crippen molar-refractivity contribution in [3.05, 3.63) is 142 Å². The summed E-state index contributed by atoms with van der Waals surface area (Å²) in [5, 5.41) is 37.7. The van der Waals surface area contributed by atoms with E-state index in [1.54, 1.807) is 55.3 Å². The third-order valence-electron chi connectivity index (χ3n) is 11.9. The summed E-state index contributed by atoms with van der Waals surface area (Å²) in [6.45, 7) is 3.28. The van der Waals surface area contributed by atoms with Gasteiger partial charge in [0, 0.05) is 58.6 Å². The van der Waals surface area contributed by atoms with E-state index in [1.807, 2.05) is 71.6 Å². The van der Waals surface area contributed by atoms with Crippen LogP contribution in [-0.4, -0.2) is 84.0 Å². The van der Waals surface area contributed by atoms with Crippen molar-refractivity contribution in [2.75, 3.05) is 31.7 Å². The molecule has 8 rings (SSSR count). The number of fused-ring (bicyclic) bond motifs is 3. The molecule has 3 aliphatic rings. The zero-order valence-corrected chi connectivity index (χ0v) is 34.2. The minimum absolute atomic E-state index is 0.00619. The Bertz CT molecular complexity index is 2530. The van der Waals surface area contributed by atoms with Gasteiger partial charge in [0.15, 0.2) is 0 Å². The minimum atomic E-state index is -1.58. The molecule has 0 radical (unpaired) electrons. The number of aryl methyl sites for hydroxylation is 1. The van der Waals surface area contributed by atoms with Gasteiger partial charge in [-0.05, 0) is 96.9 Å². The molecule has 1 fully saturated rings. The monoisotopic (exact) mass is 821 g/mol. The van der Waals surface area contributed by atoms with Crippen molar-refractivity contribution in [3.63, 3.8) is 0 Å². The molecular formula is C47H45BClN5O6. The van der Waals surface area contributed by atoms with Gasteiger partial charge in [-0.15, -0.1) is 0 Å². The molecule has 3 heterocycles. The topological polar surface area (TPSA) is 160 Å². The fraction of sp³-hybridized carbons (Fsp3) is 0.255. The lowest BCUT2D eigenvalue weighted by Crippen LogP contribution is -2.46. The maximum absolute atomic E-state index is 13.8. The Morgan fingerprint density at radius 1 is 0.933 bits per heavy atom. The zero-order valence-electron chi connectivity index (χ0n) is 33.5. The van der Waals surface area contributed by atoms with E-state index in [2.05, 4.69) is 6.07 Å². The van der Waals surface area contributed by atoms with Gasteiger partial charge in [-0.1, -0.05) is 72.3 Å². The van der Waals surface area contributed by atoms with Crippen molar-refractivity contribution >= 4 is 58.9 Å². The first-order valence-electron chi connectivity index (χ1n) is 20.0. The summed E-state index contributed by atoms with van der Waals surface area (Å²) < 4.78 is 11.8. The van der Waals surface area contributed by atoms with Crippen molar-refractivity contribution in [1.29, 1.82) is 10.8 Å². The number of likely N-dealkylation sites (tertiary alicyclic amines) is 1. The summed E-state index contributed by atoms with van der Waals surface area (Å²) in [4.78, 5) is 36.1. The van der Waals surface area contributed by atoms with Gasteiger partial charge in [0.05, 0.1) is 25.1 Å². The van der Waals surface area contributed by atoms with Crippen LogP contribution in [0.15, 0.2) is 114 Å². The number of nitrogens with zero attached hydrogens (tertiary/aromatic N) is 3. The second kappa shape index (κ2) is 16.9. The van der Waals surface area contributed by atoms with E-state index < -0.39 is 13.2 Å². The van der Waals surface area contributed by atoms with Crippen LogP contribution >= 0.6 is 11.6 Å². The van der Waals surface area contributed by atoms with Gasteiger partial charge < -0.3 is 24.4 Å². The second-order valence-electron chi connectivity index (χ2n) is 15.7. The zero-order chi connectivity index (χ0) is 42.1. The number of benzodiazepines with no additional fused rings is 1. The van der Waals surface area contributed by atoms with Crippen LogP contribution in [0.1, 0.15) is 65.2 Å². The van der Waals surface area contributed by atoms with Gasteiger partial charge in [0.25, 0.3) is 5.91 Å². The average Bonchev–Trinajstić information content (AvgIpc) is 3.55. The van der Waals surface area contributed by atoms with Crippen molar-refractivity contribution in [2.24, 2.45) is 4.99 Å². The van der Waals surface area contributed by atoms with E-state index in [-0.39, 0.29) is 41.6 Å². The number of methoxy groups -OCH3 is 1. The fourth-order valence-corrected chi connectivity index (χ4v) is 8.67. The maximum Gasteiger partial charge on any atom is 0.488 e. The summed E-state index contributed by atoms with van der Waals surface area (Å²) in [6.07, 6.45) is 2.22. The molecule has 5 aromatic rings. The number of hydrogen-bond acceptors (Lipinski definition) is 9. The quantitative estimate of drug-likeness (QED) is 0.0681. The van der Waals surface area contributed by atoms with E-state index in [4.69, 9.17) is 31.5 Å². The number of amidine groups is 2. The SMILES string of the molecule is COc1ccc2c(c1)C(c1ccc(Cl)cc1)=N[C@@H](CC(=O)CCc1ccc3c(c1)C1(CCN(C(=O)c4cccc(-c5cccc(B(O)O)c5)c4)CC1)CO3)C(=N)N2C(C)=N. The molecule has 13 heteroatoms. The predicted octanol–water partition coefficient (Wildman–Crippen LogP) is 6.85. The highest BCUT2D eigenvalue weighted by atomic mass is 35.5. The molecule has 0 aliphatic carbocycles. The van der Waals surface area contributed by atoms with Crippen LogP contribution in [-0.2, 0) is 16.6 Å². The van der Waals surface area contributed by atoms with E-state index in [1.165, 1.54) is 0 Å². The number of benzene rings is 5. The van der Waals surface area contributed by atoms with E-state index in [0.717, 1.165) is 46.4 Å². The lowest BCUT2D eigenvalue weighted by atomic mass is 9.74. The Morgan fingerprint density at radius 2 is 1.67 bits per heavy atom. The van der Waals surface area contributed by atoms with Crippen molar-refractivity contribution in [2.45, 2.75) is 50.5 Å². The molecule has 60 heavy (non-hydrogen) atoms. The number of halogens is 1. The molecule has 0 aromatic heterocycles. The molecule has 3 aliphatic heterocycles. The Balaban J connectivity index is 0.954. The van der Waals surface area contributed by atoms with Gasteiger partial charge in [-0.2, -0.15) is 0 Å². The van der Waals surface area contributed by atoms with Crippen molar-refractivity contribution in [1.82, 2.24) is 4.90 Å². The number of Topliss-reactive ketones (excluding diaryl/α,β-unsaturated/α-hetero) is 1. The van der Waals surface area contributed by atoms with Crippen LogP contribution in [0.5, 0.6) is 11.5 Å². The standard InChI is InChI=1S/C47H45BClN5O6/c1-29(50)54-42-17-16-38(59-2)27-39(42)44(31-11-13-36(49)14-12-31)52-41(45(54)51)26-37(55)15-9-30-10-18-43-40(23-30)47(28-60-43)19-21-53(22-20-47)46(56)34-7-3-5-32(24-34)33-6-4-8-35(25-33)48(57)58/h3-8,10-14,16-18,23-25,27,41,50-51,57-58H,9,15,19-22,26,28H2,1-2H3/t41-/m0/s1. The molecule has 11 nitrogen and oxygen atoms in total. The Morgan fingerprint density at radius 3 is 2.38 bits per heavy atom. The van der Waals surface area contributed by atoms with Crippen LogP contribution < -0.4 is 19.8 Å². The third kappa shape index (κ3) is 8.10. The average molecular weight is 822 g/mol. The highest BCUT2D eigenvalue weighted by Crippen LogP contribution is 2.46. The number of amides is 1. The van der Waals surface area contributed by atoms with Gasteiger partial charge in [-0.3, -0.25) is 30.3 Å². The highest BCUT2D eigenvalue weighted by molar-refractivity contribution is 6.58. The summed E-state index contributed by atoms with van der Waals surface area (Å²) in [6, 6.07) is 32.4. The van der Waals surface area contributed by atoms with Gasteiger partial charge in [-0.25, -0.2) is 0 Å². The Labute approximate surface area is 354 Å². The number of ketones is 1. The van der Waals surface area contributed by atoms with Crippen LogP contribution in [0.2, 0.25) is 5.02 Å². The summed E-state index contributed by atoms with van der Waals surface area (Å²) >= 11 is 6.24. The molecule has 1 spiro atoms. The van der Waals surface area contributed by atoms with Crippen molar-refractivity contribution < 1.29 is 29.1 Å². The number of anilines is 1. The lowest BCUT2D eigenvalue weighted by molar-refractivity contribution is -0.119. The molecule has 4 N–H and O–H groups in total. The number of hydrogen-bond donors (Lipinski definition) is 4. The molecule has 1 atom stereocenters. The summed E-state index contributed by atoms with van der Waals surface area (Å²) in [7, 11) is 0.00582. The van der Waals surface area contributed by atoms with Crippen LogP contribution in [0.25, 0.3) is 11.1 Å². The summed E-state index contributed by atoms with van der Waals surface area (Å²) in [5.74, 6) is 1.53. The number of carbonyl (C=O) groups excluding carboxylic acids is 2. The van der Waals surface area contributed by atoms with Gasteiger partial charge >= 0.3 is 7.12 Å². The molecule has 304 valence electrons. The Kier molecular flexibility index (Phi) is 11.5. The maximum atomic E-state index is 13.8. The largest absolute Gasteiger partial charge is 0.497 e. The predicted molar refractivity (Wildman–Crippen MR) is 236 cm³/mol. The third-order valence-corrected chi connectivity index (χ3v) is 12.1. The van der Waals surface area contributed by atoms with E-state index >= 15 is 0 Å². The highest BCUT2D eigenvalue weighted by Gasteiger charge is 2.44. The number of piperidine rings is 1. The Hall–Kier alpha value is -6.08. The molecule has 0 bridgehead atoms. The van der Waals surface area contributed by atoms with Crippen molar-refractivity contribution in [3.8, 4) is 22.6 Å². The first kappa shape index (κ1) is 40.7. The second-order valence-corrected chi connectivity index (χ2v) is 16.1. The van der Waals surface area contributed by atoms with Gasteiger partial charge in [0.2, 0.25) is 0 Å². The van der Waals surface area contributed by atoms with Crippen LogP contribution in [0.3, 0.4) is 0 Å². The molecule has 1 saturated heterocycles. The molecule has 0 saturated carbocycles. The van der Waals surface area contributed by atoms with Crippen LogP contribution in [0, 0.1) is 10.8 Å². The van der Waals surface area contributed by atoms with E-state index in [9.17, 15) is 25.0 Å². The van der Waals surface area contributed by atoms with Crippen LogP contribution in [0.4, 0.5) is 5.69 Å². The summed E-state index contributed by atoms with van der Waals surface area (Å²) in [5.41, 5.74) is 7.10. The smallest absolute Gasteiger partial charge is 0.488 e. The van der Waals surface area contributed by atoms with Gasteiger partial charge in [0.1, 0.15) is 35.0 Å². The van der Waals surface area contributed by atoms with E-state index in [0.29, 0.717) is 64.9 Å². The number of ether oxygens (including phenoxy) is 2. The number of rotatable bonds is 10. The molecule has 1 amide bonds. The first-order valence-corrected chi connectivity index (χ1v) is 20.4. The number of carbonyl (C=O) groups is 2. The number of aliphatic imine (C=N–C) groups is 1.